The first-order valence-electron chi connectivity index (χ1n) is 8.81. The lowest BCUT2D eigenvalue weighted by Crippen LogP contribution is -2.50. The predicted molar refractivity (Wildman–Crippen MR) is 87.1 cm³/mol. The Morgan fingerprint density at radius 2 is 0.810 bits per heavy atom. The molecule has 1 fully saturated rings. The molecule has 1 aliphatic rings. The molecule has 1 rings (SSSR count). The molecule has 0 spiro atoms. The van der Waals surface area contributed by atoms with Gasteiger partial charge >= 0.3 is 0 Å². The minimum atomic E-state index is -0.122. The van der Waals surface area contributed by atoms with E-state index in [-0.39, 0.29) is 36.1 Å². The Labute approximate surface area is 130 Å². The molecule has 1 saturated carbocycles. The maximum atomic E-state index is 10.1. The molecular formula is C18H36O3. The minimum Gasteiger partial charge on any atom is -0.396 e. The predicted octanol–water partition coefficient (Wildman–Crippen LogP) is 3.51. The number of hydrogen-bond donors (Lipinski definition) is 3. The van der Waals surface area contributed by atoms with Crippen molar-refractivity contribution >= 4 is 0 Å². The molecule has 0 bridgehead atoms. The lowest BCUT2D eigenvalue weighted by molar-refractivity contribution is -0.112. The van der Waals surface area contributed by atoms with Crippen LogP contribution in [0.1, 0.15) is 78.6 Å². The van der Waals surface area contributed by atoms with Crippen LogP contribution in [-0.2, 0) is 0 Å². The maximum absolute atomic E-state index is 10.1. The molecule has 0 heterocycles. The van der Waals surface area contributed by atoms with Gasteiger partial charge in [-0.05, 0) is 54.8 Å². The number of aliphatic hydroxyl groups is 3. The summed E-state index contributed by atoms with van der Waals surface area (Å²) in [6, 6.07) is 0. The van der Waals surface area contributed by atoms with Crippen LogP contribution in [0.25, 0.3) is 0 Å². The molecule has 1 aliphatic carbocycles. The van der Waals surface area contributed by atoms with E-state index < -0.39 is 0 Å². The van der Waals surface area contributed by atoms with Crippen molar-refractivity contribution in [1.82, 2.24) is 0 Å². The van der Waals surface area contributed by atoms with E-state index in [1.54, 1.807) is 0 Å². The number of hydrogen-bond acceptors (Lipinski definition) is 3. The van der Waals surface area contributed by atoms with Crippen LogP contribution in [0, 0.1) is 16.2 Å². The van der Waals surface area contributed by atoms with E-state index >= 15 is 0 Å². The Bertz CT molecular complexity index is 247. The second-order valence-corrected chi connectivity index (χ2v) is 7.75. The Kier molecular flexibility index (Phi) is 7.15. The first-order valence-corrected chi connectivity index (χ1v) is 8.81. The quantitative estimate of drug-likeness (QED) is 0.610. The van der Waals surface area contributed by atoms with Gasteiger partial charge in [-0.2, -0.15) is 0 Å². The van der Waals surface area contributed by atoms with Crippen LogP contribution in [0.15, 0.2) is 0 Å². The lowest BCUT2D eigenvalue weighted by atomic mass is 9.50. The highest BCUT2D eigenvalue weighted by Gasteiger charge is 2.52. The fourth-order valence-electron chi connectivity index (χ4n) is 5.27. The van der Waals surface area contributed by atoms with Gasteiger partial charge in [0, 0.05) is 19.8 Å². The fraction of sp³-hybridized carbons (Fsp3) is 1.00. The number of aliphatic hydroxyl groups excluding tert-OH is 3. The second kappa shape index (κ2) is 7.94. The topological polar surface area (TPSA) is 60.7 Å². The summed E-state index contributed by atoms with van der Waals surface area (Å²) in [5.41, 5.74) is -0.367. The van der Waals surface area contributed by atoms with Crippen molar-refractivity contribution < 1.29 is 15.3 Å². The summed E-state index contributed by atoms with van der Waals surface area (Å²) < 4.78 is 0. The van der Waals surface area contributed by atoms with Crippen LogP contribution in [0.2, 0.25) is 0 Å². The molecule has 0 unspecified atom stereocenters. The van der Waals surface area contributed by atoms with Gasteiger partial charge in [0.2, 0.25) is 0 Å². The van der Waals surface area contributed by atoms with Crippen molar-refractivity contribution in [2.24, 2.45) is 16.2 Å². The van der Waals surface area contributed by atoms with Crippen LogP contribution >= 0.6 is 0 Å². The van der Waals surface area contributed by atoms with Gasteiger partial charge in [-0.3, -0.25) is 0 Å². The first kappa shape index (κ1) is 18.9. The summed E-state index contributed by atoms with van der Waals surface area (Å²) in [5.74, 6) is 0. The van der Waals surface area contributed by atoms with Crippen LogP contribution in [0.4, 0.5) is 0 Å². The summed E-state index contributed by atoms with van der Waals surface area (Å²) in [6.07, 6.45) is 8.80. The van der Waals surface area contributed by atoms with Gasteiger partial charge in [-0.25, -0.2) is 0 Å². The molecule has 3 N–H and O–H groups in total. The average Bonchev–Trinajstić information content (AvgIpc) is 2.48. The molecule has 0 atom stereocenters. The molecule has 0 amide bonds. The van der Waals surface area contributed by atoms with Gasteiger partial charge in [-0.1, -0.05) is 40.0 Å². The summed E-state index contributed by atoms with van der Waals surface area (Å²) in [4.78, 5) is 0. The third kappa shape index (κ3) is 4.20. The Morgan fingerprint density at radius 3 is 0.952 bits per heavy atom. The highest BCUT2D eigenvalue weighted by atomic mass is 16.3. The van der Waals surface area contributed by atoms with Gasteiger partial charge in [-0.15, -0.1) is 0 Å². The van der Waals surface area contributed by atoms with Crippen molar-refractivity contribution in [3.05, 3.63) is 0 Å². The lowest BCUT2D eigenvalue weighted by Gasteiger charge is -2.55. The third-order valence-electron chi connectivity index (χ3n) is 5.60. The standard InChI is InChI=1S/C18H36O3/c1-4-7-16(13-19)10-17(14-20,8-5-2)12-18(11-16,15-21)9-6-3/h19-21H,4-15H2,1-3H3. The van der Waals surface area contributed by atoms with Gasteiger partial charge in [0.15, 0.2) is 0 Å². The molecule has 3 heteroatoms. The molecule has 126 valence electrons. The molecule has 0 aliphatic heterocycles. The first-order chi connectivity index (χ1) is 9.99. The highest BCUT2D eigenvalue weighted by Crippen LogP contribution is 2.59. The van der Waals surface area contributed by atoms with Crippen LogP contribution in [0.5, 0.6) is 0 Å². The summed E-state index contributed by atoms with van der Waals surface area (Å²) in [6.45, 7) is 7.01. The zero-order valence-corrected chi connectivity index (χ0v) is 14.3. The van der Waals surface area contributed by atoms with Crippen LogP contribution in [-0.4, -0.2) is 35.1 Å². The Balaban J connectivity index is 3.18. The third-order valence-corrected chi connectivity index (χ3v) is 5.60. The molecule has 0 aromatic heterocycles. The molecule has 0 radical (unpaired) electrons. The smallest absolute Gasteiger partial charge is 0.0487 e. The summed E-state index contributed by atoms with van der Waals surface area (Å²) >= 11 is 0. The normalized spacial score (nSPS) is 36.9. The van der Waals surface area contributed by atoms with E-state index in [1.807, 2.05) is 0 Å². The summed E-state index contributed by atoms with van der Waals surface area (Å²) in [7, 11) is 0. The molecule has 0 saturated heterocycles. The van der Waals surface area contributed by atoms with E-state index in [1.165, 1.54) is 0 Å². The van der Waals surface area contributed by atoms with Gasteiger partial charge in [0.1, 0.15) is 0 Å². The molecule has 0 aromatic rings. The Morgan fingerprint density at radius 1 is 0.571 bits per heavy atom. The second-order valence-electron chi connectivity index (χ2n) is 7.75. The van der Waals surface area contributed by atoms with E-state index in [0.29, 0.717) is 0 Å². The molecule has 3 nitrogen and oxygen atoms in total. The maximum Gasteiger partial charge on any atom is 0.0487 e. The summed E-state index contributed by atoms with van der Waals surface area (Å²) in [5, 5.41) is 30.3. The van der Waals surface area contributed by atoms with Crippen LogP contribution < -0.4 is 0 Å². The van der Waals surface area contributed by atoms with Gasteiger partial charge in [0.25, 0.3) is 0 Å². The van der Waals surface area contributed by atoms with Crippen LogP contribution in [0.3, 0.4) is 0 Å². The zero-order valence-electron chi connectivity index (χ0n) is 14.3. The van der Waals surface area contributed by atoms with Gasteiger partial charge < -0.3 is 15.3 Å². The fourth-order valence-corrected chi connectivity index (χ4v) is 5.27. The van der Waals surface area contributed by atoms with E-state index in [4.69, 9.17) is 0 Å². The van der Waals surface area contributed by atoms with Crippen molar-refractivity contribution in [2.75, 3.05) is 19.8 Å². The van der Waals surface area contributed by atoms with E-state index in [0.717, 1.165) is 57.8 Å². The van der Waals surface area contributed by atoms with Crippen molar-refractivity contribution in [3.8, 4) is 0 Å². The molecular weight excluding hydrogens is 264 g/mol. The van der Waals surface area contributed by atoms with Crippen molar-refractivity contribution in [2.45, 2.75) is 78.6 Å². The largest absolute Gasteiger partial charge is 0.396 e. The zero-order chi connectivity index (χ0) is 16.0. The Hall–Kier alpha value is -0.120. The number of rotatable bonds is 9. The van der Waals surface area contributed by atoms with E-state index in [9.17, 15) is 15.3 Å². The molecule has 0 aromatic carbocycles. The molecule has 21 heavy (non-hydrogen) atoms. The van der Waals surface area contributed by atoms with Gasteiger partial charge in [0.05, 0.1) is 0 Å². The average molecular weight is 300 g/mol. The van der Waals surface area contributed by atoms with Crippen molar-refractivity contribution in [3.63, 3.8) is 0 Å². The monoisotopic (exact) mass is 300 g/mol. The highest BCUT2D eigenvalue weighted by molar-refractivity contribution is 5.02. The van der Waals surface area contributed by atoms with Crippen molar-refractivity contribution in [1.29, 1.82) is 0 Å². The van der Waals surface area contributed by atoms with E-state index in [2.05, 4.69) is 20.8 Å². The minimum absolute atomic E-state index is 0.122. The SMILES string of the molecule is CCCC1(CO)CC(CO)(CCC)CC(CO)(CCC)C1.